The summed E-state index contributed by atoms with van der Waals surface area (Å²) in [4.78, 5) is 0. The molecule has 0 amide bonds. The Hall–Kier alpha value is -1.64. The topological polar surface area (TPSA) is 29.3 Å². The predicted molar refractivity (Wildman–Crippen MR) is 82.3 cm³/mol. The normalized spacial score (nSPS) is 20.4. The van der Waals surface area contributed by atoms with Gasteiger partial charge in [0.15, 0.2) is 0 Å². The molecule has 0 saturated heterocycles. The van der Waals surface area contributed by atoms with Crippen molar-refractivity contribution in [3.8, 4) is 0 Å². The highest BCUT2D eigenvalue weighted by Crippen LogP contribution is 2.19. The predicted octanol–water partition coefficient (Wildman–Crippen LogP) is 3.54. The average molecular weight is 254 g/mol. The van der Waals surface area contributed by atoms with E-state index < -0.39 is 0 Å². The number of unbranched alkanes of at least 4 members (excludes halogenated alkanes) is 1. The molecule has 2 nitrogen and oxygen atoms in total. The Bertz CT molecular complexity index is 471. The maximum Gasteiger partial charge on any atom is 0.0674 e. The number of benzene rings is 1. The zero-order valence-electron chi connectivity index (χ0n) is 11.5. The lowest BCUT2D eigenvalue weighted by Crippen LogP contribution is -2.41. The van der Waals surface area contributed by atoms with E-state index in [1.807, 2.05) is 11.1 Å². The second kappa shape index (κ2) is 7.07. The molecule has 1 atom stereocenters. The smallest absolute Gasteiger partial charge is 0.0674 e. The molecule has 1 aliphatic rings. The maximum absolute atomic E-state index is 6.19. The number of nitrogens with zero attached hydrogens (tertiary/aromatic N) is 1. The highest BCUT2D eigenvalue weighted by molar-refractivity contribution is 5.59. The van der Waals surface area contributed by atoms with Crippen LogP contribution >= 0.6 is 0 Å². The van der Waals surface area contributed by atoms with E-state index in [4.69, 9.17) is 5.84 Å². The van der Waals surface area contributed by atoms with E-state index in [2.05, 4.69) is 61.6 Å². The van der Waals surface area contributed by atoms with Gasteiger partial charge < -0.3 is 0 Å². The van der Waals surface area contributed by atoms with Gasteiger partial charge in [-0.2, -0.15) is 0 Å². The van der Waals surface area contributed by atoms with Crippen LogP contribution in [0, 0.1) is 0 Å². The summed E-state index contributed by atoms with van der Waals surface area (Å²) in [5, 5.41) is 1.93. The lowest BCUT2D eigenvalue weighted by Gasteiger charge is -2.27. The number of nitrogens with two attached hydrogens (primary N) is 1. The molecule has 1 unspecified atom stereocenters. The summed E-state index contributed by atoms with van der Waals surface area (Å²) in [6.45, 7) is 3.11. The van der Waals surface area contributed by atoms with Crippen molar-refractivity contribution in [3.05, 3.63) is 65.8 Å². The van der Waals surface area contributed by atoms with Gasteiger partial charge in [-0.25, -0.2) is 5.01 Å². The number of hydrazine groups is 1. The summed E-state index contributed by atoms with van der Waals surface area (Å²) >= 11 is 0. The molecule has 0 bridgehead atoms. The second-order valence-electron chi connectivity index (χ2n) is 4.84. The highest BCUT2D eigenvalue weighted by Gasteiger charge is 2.16. The fourth-order valence-electron chi connectivity index (χ4n) is 2.20. The quantitative estimate of drug-likeness (QED) is 0.643. The van der Waals surface area contributed by atoms with Gasteiger partial charge in [0.1, 0.15) is 0 Å². The van der Waals surface area contributed by atoms with E-state index in [0.717, 1.165) is 19.4 Å². The van der Waals surface area contributed by atoms with Crippen LogP contribution in [0.2, 0.25) is 0 Å². The van der Waals surface area contributed by atoms with Crippen LogP contribution in [0.15, 0.2) is 60.2 Å². The molecule has 2 heteroatoms. The standard InChI is InChI=1S/C17H22N2/c1-2-3-13-19(18)17-12-8-7-11-16(17)14-15-9-5-4-6-10-15/h4-12,14,17H,2-3,13,18H2,1H3. The molecule has 100 valence electrons. The van der Waals surface area contributed by atoms with Crippen LogP contribution in [-0.2, 0) is 0 Å². The van der Waals surface area contributed by atoms with Gasteiger partial charge >= 0.3 is 0 Å². The molecular weight excluding hydrogens is 232 g/mol. The van der Waals surface area contributed by atoms with Crippen molar-refractivity contribution in [1.29, 1.82) is 0 Å². The van der Waals surface area contributed by atoms with Crippen molar-refractivity contribution in [2.24, 2.45) is 5.84 Å². The molecular formula is C17H22N2. The summed E-state index contributed by atoms with van der Waals surface area (Å²) in [6, 6.07) is 10.6. The number of hydrogen-bond donors (Lipinski definition) is 1. The first-order chi connectivity index (χ1) is 9.31. The second-order valence-corrected chi connectivity index (χ2v) is 4.84. The molecule has 1 aromatic carbocycles. The van der Waals surface area contributed by atoms with E-state index >= 15 is 0 Å². The van der Waals surface area contributed by atoms with Crippen molar-refractivity contribution >= 4 is 6.08 Å². The lowest BCUT2D eigenvalue weighted by molar-refractivity contribution is 0.258. The van der Waals surface area contributed by atoms with E-state index in [9.17, 15) is 0 Å². The van der Waals surface area contributed by atoms with E-state index in [1.54, 1.807) is 0 Å². The molecule has 0 aliphatic heterocycles. The molecule has 0 radical (unpaired) electrons. The fourth-order valence-corrected chi connectivity index (χ4v) is 2.20. The van der Waals surface area contributed by atoms with Gasteiger partial charge in [-0.1, -0.05) is 68.0 Å². The average Bonchev–Trinajstić information content (AvgIpc) is 2.46. The van der Waals surface area contributed by atoms with Gasteiger partial charge in [0.2, 0.25) is 0 Å². The van der Waals surface area contributed by atoms with Crippen LogP contribution in [0.25, 0.3) is 6.08 Å². The fraction of sp³-hybridized carbons (Fsp3) is 0.294. The minimum Gasteiger partial charge on any atom is -0.268 e. The zero-order valence-corrected chi connectivity index (χ0v) is 11.5. The van der Waals surface area contributed by atoms with Crippen molar-refractivity contribution in [3.63, 3.8) is 0 Å². The Morgan fingerprint density at radius 3 is 2.74 bits per heavy atom. The van der Waals surface area contributed by atoms with Crippen LogP contribution in [0.3, 0.4) is 0 Å². The van der Waals surface area contributed by atoms with E-state index in [0.29, 0.717) is 0 Å². The molecule has 0 heterocycles. The third kappa shape index (κ3) is 3.91. The van der Waals surface area contributed by atoms with Gasteiger partial charge in [0, 0.05) is 6.54 Å². The first-order valence-corrected chi connectivity index (χ1v) is 6.94. The summed E-state index contributed by atoms with van der Waals surface area (Å²) in [7, 11) is 0. The van der Waals surface area contributed by atoms with Gasteiger partial charge in [-0.05, 0) is 23.6 Å². The Kier molecular flexibility index (Phi) is 5.13. The monoisotopic (exact) mass is 254 g/mol. The van der Waals surface area contributed by atoms with Crippen LogP contribution < -0.4 is 5.84 Å². The lowest BCUT2D eigenvalue weighted by atomic mass is 9.98. The summed E-state index contributed by atoms with van der Waals surface area (Å²) in [5.41, 5.74) is 2.46. The van der Waals surface area contributed by atoms with Crippen LogP contribution in [-0.4, -0.2) is 17.6 Å². The third-order valence-electron chi connectivity index (χ3n) is 3.29. The van der Waals surface area contributed by atoms with Crippen molar-refractivity contribution < 1.29 is 0 Å². The van der Waals surface area contributed by atoms with E-state index in [1.165, 1.54) is 11.1 Å². The molecule has 0 aromatic heterocycles. The number of hydrogen-bond acceptors (Lipinski definition) is 2. The Morgan fingerprint density at radius 2 is 2.00 bits per heavy atom. The molecule has 1 aliphatic carbocycles. The SMILES string of the molecule is CCCCN(N)C1C=CC=CC1=Cc1ccccc1. The molecule has 19 heavy (non-hydrogen) atoms. The first-order valence-electron chi connectivity index (χ1n) is 6.94. The van der Waals surface area contributed by atoms with E-state index in [-0.39, 0.29) is 6.04 Å². The van der Waals surface area contributed by atoms with Gasteiger partial charge in [0.25, 0.3) is 0 Å². The maximum atomic E-state index is 6.19. The highest BCUT2D eigenvalue weighted by atomic mass is 15.4. The molecule has 0 fully saturated rings. The zero-order chi connectivity index (χ0) is 13.5. The summed E-state index contributed by atoms with van der Waals surface area (Å²) in [5.74, 6) is 6.19. The van der Waals surface area contributed by atoms with Crippen LogP contribution in [0.1, 0.15) is 25.3 Å². The Labute approximate surface area is 115 Å². The van der Waals surface area contributed by atoms with Gasteiger partial charge in [0.05, 0.1) is 6.04 Å². The largest absolute Gasteiger partial charge is 0.268 e. The molecule has 2 N–H and O–H groups in total. The summed E-state index contributed by atoms with van der Waals surface area (Å²) < 4.78 is 0. The van der Waals surface area contributed by atoms with Crippen molar-refractivity contribution in [1.82, 2.24) is 5.01 Å². The Balaban J connectivity index is 2.15. The molecule has 0 spiro atoms. The molecule has 2 rings (SSSR count). The third-order valence-corrected chi connectivity index (χ3v) is 3.29. The molecule has 0 saturated carbocycles. The number of rotatable bonds is 5. The van der Waals surface area contributed by atoms with Crippen molar-refractivity contribution in [2.45, 2.75) is 25.8 Å². The van der Waals surface area contributed by atoms with Gasteiger partial charge in [-0.3, -0.25) is 5.84 Å². The van der Waals surface area contributed by atoms with Crippen molar-refractivity contribution in [2.75, 3.05) is 6.54 Å². The van der Waals surface area contributed by atoms with Crippen LogP contribution in [0.4, 0.5) is 0 Å². The minimum atomic E-state index is 0.178. The first kappa shape index (κ1) is 13.8. The number of allylic oxidation sites excluding steroid dienone is 2. The minimum absolute atomic E-state index is 0.178. The van der Waals surface area contributed by atoms with Crippen LogP contribution in [0.5, 0.6) is 0 Å². The molecule has 1 aromatic rings. The van der Waals surface area contributed by atoms with Gasteiger partial charge in [-0.15, -0.1) is 0 Å². The Morgan fingerprint density at radius 1 is 1.21 bits per heavy atom. The summed E-state index contributed by atoms with van der Waals surface area (Å²) in [6.07, 6.45) is 12.9.